The molecule has 102 valence electrons. The molecule has 1 fully saturated rings. The van der Waals surface area contributed by atoms with Crippen molar-refractivity contribution in [3.05, 3.63) is 18.2 Å². The summed E-state index contributed by atoms with van der Waals surface area (Å²) in [6.45, 7) is 0.438. The molecule has 0 radical (unpaired) electrons. The van der Waals surface area contributed by atoms with Crippen molar-refractivity contribution in [3.63, 3.8) is 0 Å². The minimum atomic E-state index is -4.09. The normalized spacial score (nSPS) is 25.3. The highest BCUT2D eigenvalue weighted by atomic mass is 19.4. The van der Waals surface area contributed by atoms with Crippen LogP contribution in [0.1, 0.15) is 31.4 Å². The molecule has 0 unspecified atom stereocenters. The molecule has 2 atom stereocenters. The van der Waals surface area contributed by atoms with Gasteiger partial charge in [-0.25, -0.2) is 4.98 Å². The molecule has 0 aliphatic heterocycles. The zero-order valence-electron chi connectivity index (χ0n) is 10.4. The van der Waals surface area contributed by atoms with Crippen molar-refractivity contribution in [2.75, 3.05) is 0 Å². The lowest BCUT2D eigenvalue weighted by molar-refractivity contribution is -0.189. The Morgan fingerprint density at radius 2 is 2.11 bits per heavy atom. The third kappa shape index (κ3) is 3.04. The van der Waals surface area contributed by atoms with Gasteiger partial charge in [-0.3, -0.25) is 0 Å². The van der Waals surface area contributed by atoms with Crippen molar-refractivity contribution in [2.24, 2.45) is 13.0 Å². The van der Waals surface area contributed by atoms with Gasteiger partial charge in [0.15, 0.2) is 0 Å². The van der Waals surface area contributed by atoms with Crippen LogP contribution in [0, 0.1) is 5.92 Å². The fourth-order valence-electron chi connectivity index (χ4n) is 2.56. The lowest BCUT2D eigenvalue weighted by Crippen LogP contribution is -2.45. The number of aryl methyl sites for hydroxylation is 1. The van der Waals surface area contributed by atoms with E-state index in [1.165, 1.54) is 0 Å². The van der Waals surface area contributed by atoms with E-state index in [2.05, 4.69) is 10.3 Å². The average Bonchev–Trinajstić information content (AvgIpc) is 2.71. The number of aromatic nitrogens is 2. The Balaban J connectivity index is 1.96. The summed E-state index contributed by atoms with van der Waals surface area (Å²) in [5.41, 5.74) is 0.904. The van der Waals surface area contributed by atoms with Gasteiger partial charge in [-0.2, -0.15) is 13.2 Å². The molecule has 1 N–H and O–H groups in total. The second kappa shape index (κ2) is 5.30. The second-order valence-electron chi connectivity index (χ2n) is 4.92. The summed E-state index contributed by atoms with van der Waals surface area (Å²) in [7, 11) is 1.84. The molecule has 0 spiro atoms. The Labute approximate surface area is 104 Å². The molecule has 1 aliphatic carbocycles. The number of imidazole rings is 1. The maximum Gasteiger partial charge on any atom is 0.393 e. The smallest absolute Gasteiger partial charge is 0.337 e. The van der Waals surface area contributed by atoms with Gasteiger partial charge in [0.25, 0.3) is 0 Å². The van der Waals surface area contributed by atoms with E-state index in [0.717, 1.165) is 12.1 Å². The average molecular weight is 261 g/mol. The maximum atomic E-state index is 12.9. The van der Waals surface area contributed by atoms with Crippen LogP contribution in [0.5, 0.6) is 0 Å². The molecule has 0 bridgehead atoms. The van der Waals surface area contributed by atoms with Crippen LogP contribution in [0.2, 0.25) is 0 Å². The van der Waals surface area contributed by atoms with Gasteiger partial charge in [0, 0.05) is 25.8 Å². The van der Waals surface area contributed by atoms with Crippen LogP contribution in [-0.2, 0) is 13.6 Å². The number of hydrogen-bond acceptors (Lipinski definition) is 2. The first-order chi connectivity index (χ1) is 8.48. The Morgan fingerprint density at radius 1 is 1.39 bits per heavy atom. The number of halogens is 3. The summed E-state index contributed by atoms with van der Waals surface area (Å²) >= 11 is 0. The first-order valence-corrected chi connectivity index (χ1v) is 6.24. The highest BCUT2D eigenvalue weighted by molar-refractivity contribution is 4.98. The molecule has 0 amide bonds. The number of alkyl halides is 3. The summed E-state index contributed by atoms with van der Waals surface area (Å²) in [6.07, 6.45) is 1.63. The van der Waals surface area contributed by atoms with Gasteiger partial charge in [0.2, 0.25) is 0 Å². The Bertz CT molecular complexity index is 386. The first-order valence-electron chi connectivity index (χ1n) is 6.24. The fraction of sp³-hybridized carbons (Fsp3) is 0.750. The lowest BCUT2D eigenvalue weighted by atomic mass is 9.84. The number of nitrogens with zero attached hydrogens (tertiary/aromatic N) is 2. The summed E-state index contributed by atoms with van der Waals surface area (Å²) in [5, 5.41) is 3.04. The van der Waals surface area contributed by atoms with Crippen molar-refractivity contribution in [1.82, 2.24) is 14.9 Å². The van der Waals surface area contributed by atoms with Gasteiger partial charge in [-0.15, -0.1) is 0 Å². The topological polar surface area (TPSA) is 29.9 Å². The van der Waals surface area contributed by atoms with E-state index in [4.69, 9.17) is 0 Å². The van der Waals surface area contributed by atoms with Crippen LogP contribution >= 0.6 is 0 Å². The lowest BCUT2D eigenvalue weighted by Gasteiger charge is -2.33. The van der Waals surface area contributed by atoms with E-state index < -0.39 is 18.1 Å². The molecule has 0 aromatic carbocycles. The molecule has 1 saturated carbocycles. The highest BCUT2D eigenvalue weighted by Crippen LogP contribution is 2.37. The monoisotopic (exact) mass is 261 g/mol. The molecule has 1 heterocycles. The largest absolute Gasteiger partial charge is 0.393 e. The van der Waals surface area contributed by atoms with Crippen LogP contribution in [0.3, 0.4) is 0 Å². The van der Waals surface area contributed by atoms with E-state index in [1.54, 1.807) is 12.5 Å². The summed E-state index contributed by atoms with van der Waals surface area (Å²) in [4.78, 5) is 3.95. The van der Waals surface area contributed by atoms with E-state index in [1.807, 2.05) is 11.6 Å². The summed E-state index contributed by atoms with van der Waals surface area (Å²) in [6, 6.07) is -0.464. The van der Waals surface area contributed by atoms with Crippen molar-refractivity contribution in [3.8, 4) is 0 Å². The standard InChI is InChI=1S/C12H18F3N3/c1-18-8-16-6-9(18)7-17-11-5-3-2-4-10(11)12(13,14)15/h6,8,10-11,17H,2-5,7H2,1H3/t10-,11+/m0/s1. The Hall–Kier alpha value is -1.04. The van der Waals surface area contributed by atoms with E-state index in [0.29, 0.717) is 19.4 Å². The van der Waals surface area contributed by atoms with E-state index in [9.17, 15) is 13.2 Å². The van der Waals surface area contributed by atoms with Gasteiger partial charge in [-0.05, 0) is 12.8 Å². The molecule has 1 aliphatic rings. The molecule has 3 nitrogen and oxygen atoms in total. The van der Waals surface area contributed by atoms with Gasteiger partial charge >= 0.3 is 6.18 Å². The predicted octanol–water partition coefficient (Wildman–Crippen LogP) is 2.63. The molecule has 2 rings (SSSR count). The summed E-state index contributed by atoms with van der Waals surface area (Å²) < 4.78 is 40.5. The zero-order valence-corrected chi connectivity index (χ0v) is 10.4. The van der Waals surface area contributed by atoms with E-state index in [-0.39, 0.29) is 6.42 Å². The molecule has 1 aromatic rings. The highest BCUT2D eigenvalue weighted by Gasteiger charge is 2.45. The molecule has 6 heteroatoms. The third-order valence-electron chi connectivity index (χ3n) is 3.65. The quantitative estimate of drug-likeness (QED) is 0.906. The van der Waals surface area contributed by atoms with Crippen LogP contribution in [0.25, 0.3) is 0 Å². The number of hydrogen-bond donors (Lipinski definition) is 1. The predicted molar refractivity (Wildman–Crippen MR) is 61.8 cm³/mol. The number of rotatable bonds is 3. The van der Waals surface area contributed by atoms with Crippen molar-refractivity contribution < 1.29 is 13.2 Å². The zero-order chi connectivity index (χ0) is 13.2. The van der Waals surface area contributed by atoms with Gasteiger partial charge in [0.05, 0.1) is 17.9 Å². The third-order valence-corrected chi connectivity index (χ3v) is 3.65. The van der Waals surface area contributed by atoms with Crippen LogP contribution < -0.4 is 5.32 Å². The fourth-order valence-corrected chi connectivity index (χ4v) is 2.56. The van der Waals surface area contributed by atoms with Gasteiger partial charge in [-0.1, -0.05) is 12.8 Å². The van der Waals surface area contributed by atoms with Gasteiger partial charge in [0.1, 0.15) is 0 Å². The van der Waals surface area contributed by atoms with E-state index >= 15 is 0 Å². The minimum absolute atomic E-state index is 0.243. The van der Waals surface area contributed by atoms with Crippen LogP contribution in [0.15, 0.2) is 12.5 Å². The van der Waals surface area contributed by atoms with Crippen molar-refractivity contribution >= 4 is 0 Å². The SMILES string of the molecule is Cn1cncc1CN[C@@H]1CCCC[C@@H]1C(F)(F)F. The Kier molecular flexibility index (Phi) is 3.94. The first kappa shape index (κ1) is 13.4. The molecular weight excluding hydrogens is 243 g/mol. The molecule has 18 heavy (non-hydrogen) atoms. The molecular formula is C12H18F3N3. The van der Waals surface area contributed by atoms with Crippen LogP contribution in [-0.4, -0.2) is 21.8 Å². The summed E-state index contributed by atoms with van der Waals surface area (Å²) in [5.74, 6) is -1.21. The molecule has 1 aromatic heterocycles. The second-order valence-corrected chi connectivity index (χ2v) is 4.92. The Morgan fingerprint density at radius 3 is 2.72 bits per heavy atom. The van der Waals surface area contributed by atoms with Crippen molar-refractivity contribution in [2.45, 2.75) is 44.4 Å². The molecule has 0 saturated heterocycles. The van der Waals surface area contributed by atoms with Gasteiger partial charge < -0.3 is 9.88 Å². The van der Waals surface area contributed by atoms with Crippen molar-refractivity contribution in [1.29, 1.82) is 0 Å². The maximum absolute atomic E-state index is 12.9. The van der Waals surface area contributed by atoms with Crippen LogP contribution in [0.4, 0.5) is 13.2 Å². The number of nitrogens with one attached hydrogen (secondary N) is 1. The minimum Gasteiger partial charge on any atom is -0.337 e.